The van der Waals surface area contributed by atoms with Crippen LogP contribution in [0.3, 0.4) is 0 Å². The molecule has 1 fully saturated rings. The summed E-state index contributed by atoms with van der Waals surface area (Å²) in [5, 5.41) is 3.38. The van der Waals surface area contributed by atoms with E-state index in [9.17, 15) is 4.79 Å². The van der Waals surface area contributed by atoms with E-state index in [2.05, 4.69) is 20.2 Å². The number of fused-ring (bicyclic) bond motifs is 1. The van der Waals surface area contributed by atoms with Gasteiger partial charge in [0.05, 0.1) is 12.8 Å². The van der Waals surface area contributed by atoms with Crippen LogP contribution in [0.2, 0.25) is 0 Å². The van der Waals surface area contributed by atoms with Gasteiger partial charge in [0.15, 0.2) is 0 Å². The highest BCUT2D eigenvalue weighted by Crippen LogP contribution is 2.17. The quantitative estimate of drug-likeness (QED) is 0.723. The molecule has 0 saturated carbocycles. The fourth-order valence-electron chi connectivity index (χ4n) is 3.56. The van der Waals surface area contributed by atoms with E-state index >= 15 is 0 Å². The third kappa shape index (κ3) is 3.96. The van der Waals surface area contributed by atoms with Crippen LogP contribution in [-0.2, 0) is 6.54 Å². The lowest BCUT2D eigenvalue weighted by Gasteiger charge is -2.32. The molecule has 0 bridgehead atoms. The van der Waals surface area contributed by atoms with Gasteiger partial charge >= 0.3 is 0 Å². The summed E-state index contributed by atoms with van der Waals surface area (Å²) in [6, 6.07) is 7.54. The normalized spacial score (nSPS) is 15.6. The zero-order valence-corrected chi connectivity index (χ0v) is 16.1. The monoisotopic (exact) mass is 380 g/mol. The van der Waals surface area contributed by atoms with Crippen molar-refractivity contribution in [3.63, 3.8) is 0 Å². The molecule has 8 nitrogen and oxygen atoms in total. The van der Waals surface area contributed by atoms with Crippen LogP contribution in [0.4, 0.5) is 5.95 Å². The van der Waals surface area contributed by atoms with E-state index in [1.54, 1.807) is 36.0 Å². The van der Waals surface area contributed by atoms with E-state index in [0.717, 1.165) is 42.8 Å². The summed E-state index contributed by atoms with van der Waals surface area (Å²) in [7, 11) is 1.60. The molecule has 28 heavy (non-hydrogen) atoms. The maximum Gasteiger partial charge on any atom is 0.258 e. The predicted octanol–water partition coefficient (Wildman–Crippen LogP) is 1.88. The number of nitrogens with zero attached hydrogens (tertiary/aromatic N) is 5. The molecule has 1 aliphatic heterocycles. The molecule has 4 rings (SSSR count). The first kappa shape index (κ1) is 18.4. The minimum Gasteiger partial charge on any atom is -0.481 e. The van der Waals surface area contributed by atoms with E-state index in [1.165, 1.54) is 0 Å². The molecule has 8 heteroatoms. The number of ether oxygens (including phenoxy) is 1. The van der Waals surface area contributed by atoms with Crippen LogP contribution < -0.4 is 15.6 Å². The Bertz CT molecular complexity index is 1030. The Morgan fingerprint density at radius 2 is 2.07 bits per heavy atom. The number of hydrogen-bond acceptors (Lipinski definition) is 7. The molecule has 0 amide bonds. The second-order valence-electron chi connectivity index (χ2n) is 7.09. The third-order valence-electron chi connectivity index (χ3n) is 5.08. The summed E-state index contributed by atoms with van der Waals surface area (Å²) in [5.74, 6) is 1.15. The SMILES string of the molecule is COc1ccnc(NC2CCN(Cc3cc(=O)n4cccc(C)c4n3)CC2)n1. The molecule has 0 radical (unpaired) electrons. The summed E-state index contributed by atoms with van der Waals surface area (Å²) < 4.78 is 6.74. The van der Waals surface area contributed by atoms with Crippen molar-refractivity contribution < 1.29 is 4.74 Å². The minimum atomic E-state index is -0.0320. The maximum atomic E-state index is 12.4. The highest BCUT2D eigenvalue weighted by molar-refractivity contribution is 5.46. The number of methoxy groups -OCH3 is 1. The van der Waals surface area contributed by atoms with E-state index in [4.69, 9.17) is 9.72 Å². The molecule has 1 saturated heterocycles. The van der Waals surface area contributed by atoms with Gasteiger partial charge in [0, 0.05) is 50.2 Å². The van der Waals surface area contributed by atoms with Crippen LogP contribution >= 0.6 is 0 Å². The summed E-state index contributed by atoms with van der Waals surface area (Å²) in [5.41, 5.74) is 2.52. The number of rotatable bonds is 5. The topological polar surface area (TPSA) is 84.7 Å². The number of aryl methyl sites for hydroxylation is 1. The molecule has 3 aromatic heterocycles. The molecule has 0 spiro atoms. The smallest absolute Gasteiger partial charge is 0.258 e. The molecule has 0 atom stereocenters. The number of anilines is 1. The van der Waals surface area contributed by atoms with Crippen LogP contribution in [0.5, 0.6) is 5.88 Å². The van der Waals surface area contributed by atoms with Gasteiger partial charge in [0.2, 0.25) is 11.8 Å². The molecule has 3 aromatic rings. The fraction of sp³-hybridized carbons (Fsp3) is 0.400. The van der Waals surface area contributed by atoms with E-state index in [-0.39, 0.29) is 5.56 Å². The Labute approximate surface area is 163 Å². The molecule has 1 N–H and O–H groups in total. The van der Waals surface area contributed by atoms with Crippen molar-refractivity contribution in [2.75, 3.05) is 25.5 Å². The number of pyridine rings is 1. The number of hydrogen-bond donors (Lipinski definition) is 1. The van der Waals surface area contributed by atoms with E-state index in [0.29, 0.717) is 24.4 Å². The van der Waals surface area contributed by atoms with Crippen LogP contribution in [0.1, 0.15) is 24.1 Å². The molecule has 146 valence electrons. The zero-order valence-electron chi connectivity index (χ0n) is 16.1. The first-order chi connectivity index (χ1) is 13.6. The van der Waals surface area contributed by atoms with Gasteiger partial charge in [-0.05, 0) is 31.4 Å². The van der Waals surface area contributed by atoms with Gasteiger partial charge in [-0.15, -0.1) is 0 Å². The molecule has 0 unspecified atom stereocenters. The molecule has 0 aromatic carbocycles. The second-order valence-corrected chi connectivity index (χ2v) is 7.09. The first-order valence-electron chi connectivity index (χ1n) is 9.46. The van der Waals surface area contributed by atoms with Gasteiger partial charge in [-0.3, -0.25) is 14.1 Å². The van der Waals surface area contributed by atoms with Gasteiger partial charge in [-0.1, -0.05) is 6.07 Å². The van der Waals surface area contributed by atoms with Gasteiger partial charge in [-0.2, -0.15) is 4.98 Å². The number of nitrogens with one attached hydrogen (secondary N) is 1. The summed E-state index contributed by atoms with van der Waals surface area (Å²) in [6.45, 7) is 4.51. The second kappa shape index (κ2) is 7.93. The Hall–Kier alpha value is -3.00. The Kier molecular flexibility index (Phi) is 5.21. The highest BCUT2D eigenvalue weighted by atomic mass is 16.5. The first-order valence-corrected chi connectivity index (χ1v) is 9.46. The molecule has 0 aliphatic carbocycles. The van der Waals surface area contributed by atoms with Crippen molar-refractivity contribution in [2.24, 2.45) is 0 Å². The number of aromatic nitrogens is 4. The lowest BCUT2D eigenvalue weighted by molar-refractivity contribution is 0.209. The molecule has 4 heterocycles. The van der Waals surface area contributed by atoms with Crippen molar-refractivity contribution in [3.05, 3.63) is 58.3 Å². The summed E-state index contributed by atoms with van der Waals surface area (Å²) >= 11 is 0. The molecular formula is C20H24N6O2. The van der Waals surface area contributed by atoms with Gasteiger partial charge in [0.25, 0.3) is 5.56 Å². The van der Waals surface area contributed by atoms with Crippen molar-refractivity contribution in [2.45, 2.75) is 32.4 Å². The van der Waals surface area contributed by atoms with Crippen LogP contribution in [-0.4, -0.2) is 50.5 Å². The molecule has 1 aliphatic rings. The summed E-state index contributed by atoms with van der Waals surface area (Å²) in [4.78, 5) is 28.0. The lowest BCUT2D eigenvalue weighted by atomic mass is 10.1. The van der Waals surface area contributed by atoms with Crippen molar-refractivity contribution >= 4 is 11.6 Å². The Morgan fingerprint density at radius 3 is 2.86 bits per heavy atom. The largest absolute Gasteiger partial charge is 0.481 e. The van der Waals surface area contributed by atoms with E-state index < -0.39 is 0 Å². The van der Waals surface area contributed by atoms with Crippen molar-refractivity contribution in [1.29, 1.82) is 0 Å². The standard InChI is InChI=1S/C20H24N6O2/c1-14-4-3-9-26-18(27)12-16(22-19(14)26)13-25-10-6-15(7-11-25)23-20-21-8-5-17(24-20)28-2/h3-5,8-9,12,15H,6-7,10-11,13H2,1-2H3,(H,21,23,24). The third-order valence-corrected chi connectivity index (χ3v) is 5.08. The summed E-state index contributed by atoms with van der Waals surface area (Å²) in [6.07, 6.45) is 5.41. The average molecular weight is 380 g/mol. The lowest BCUT2D eigenvalue weighted by Crippen LogP contribution is -2.39. The van der Waals surface area contributed by atoms with Crippen molar-refractivity contribution in [1.82, 2.24) is 24.3 Å². The highest BCUT2D eigenvalue weighted by Gasteiger charge is 2.20. The van der Waals surface area contributed by atoms with Crippen molar-refractivity contribution in [3.8, 4) is 5.88 Å². The maximum absolute atomic E-state index is 12.4. The van der Waals surface area contributed by atoms with Crippen LogP contribution in [0.25, 0.3) is 5.65 Å². The van der Waals surface area contributed by atoms with Gasteiger partial charge in [0.1, 0.15) is 5.65 Å². The number of piperidine rings is 1. The van der Waals surface area contributed by atoms with E-state index in [1.807, 2.05) is 19.1 Å². The minimum absolute atomic E-state index is 0.0320. The fourth-order valence-corrected chi connectivity index (χ4v) is 3.56. The zero-order chi connectivity index (χ0) is 19.5. The van der Waals surface area contributed by atoms with Crippen LogP contribution in [0, 0.1) is 6.92 Å². The Balaban J connectivity index is 1.38. The van der Waals surface area contributed by atoms with Crippen LogP contribution in [0.15, 0.2) is 41.5 Å². The van der Waals surface area contributed by atoms with Gasteiger partial charge in [-0.25, -0.2) is 9.97 Å². The average Bonchev–Trinajstić information content (AvgIpc) is 2.71. The molecular weight excluding hydrogens is 356 g/mol. The Morgan fingerprint density at radius 1 is 1.25 bits per heavy atom. The predicted molar refractivity (Wildman–Crippen MR) is 107 cm³/mol. The number of likely N-dealkylation sites (tertiary alicyclic amines) is 1. The van der Waals surface area contributed by atoms with Gasteiger partial charge < -0.3 is 10.1 Å².